The smallest absolute Gasteiger partial charge is 0.228 e. The van der Waals surface area contributed by atoms with Gasteiger partial charge >= 0.3 is 0 Å². The summed E-state index contributed by atoms with van der Waals surface area (Å²) in [6, 6.07) is 0. The zero-order valence-corrected chi connectivity index (χ0v) is 9.83. The first-order chi connectivity index (χ1) is 7.16. The van der Waals surface area contributed by atoms with E-state index < -0.39 is 0 Å². The van der Waals surface area contributed by atoms with E-state index in [2.05, 4.69) is 24.1 Å². The molecule has 0 aromatic rings. The summed E-state index contributed by atoms with van der Waals surface area (Å²) >= 11 is 0. The van der Waals surface area contributed by atoms with E-state index in [9.17, 15) is 4.79 Å². The van der Waals surface area contributed by atoms with Crippen LogP contribution in [0.1, 0.15) is 26.7 Å². The Morgan fingerprint density at radius 3 is 2.73 bits per heavy atom. The topological polar surface area (TPSA) is 32.3 Å². The monoisotopic (exact) mass is 210 g/mol. The summed E-state index contributed by atoms with van der Waals surface area (Å²) in [5, 5.41) is 3.16. The Bertz CT molecular complexity index is 236. The Morgan fingerprint density at radius 1 is 1.47 bits per heavy atom. The first-order valence-electron chi connectivity index (χ1n) is 6.16. The maximum Gasteiger partial charge on any atom is 0.228 e. The quantitative estimate of drug-likeness (QED) is 0.756. The summed E-state index contributed by atoms with van der Waals surface area (Å²) in [6.45, 7) is 8.31. The molecule has 2 heterocycles. The fraction of sp³-hybridized carbons (Fsp3) is 0.917. The van der Waals surface area contributed by atoms with Crippen molar-refractivity contribution in [3.05, 3.63) is 0 Å². The molecule has 0 aromatic heterocycles. The molecule has 0 aliphatic carbocycles. The average Bonchev–Trinajstić information content (AvgIpc) is 2.48. The SMILES string of the molecule is CC(C)CC1CCN(C(=O)C2CNC2)C1. The van der Waals surface area contributed by atoms with Gasteiger partial charge in [-0.1, -0.05) is 13.8 Å². The number of amides is 1. The molecule has 3 nitrogen and oxygen atoms in total. The van der Waals surface area contributed by atoms with Crippen molar-refractivity contribution in [2.24, 2.45) is 17.8 Å². The van der Waals surface area contributed by atoms with Gasteiger partial charge in [0.05, 0.1) is 5.92 Å². The lowest BCUT2D eigenvalue weighted by Crippen LogP contribution is -2.51. The number of carbonyl (C=O) groups is 1. The van der Waals surface area contributed by atoms with E-state index in [1.165, 1.54) is 12.8 Å². The van der Waals surface area contributed by atoms with E-state index in [4.69, 9.17) is 0 Å². The molecule has 0 aromatic carbocycles. The molecular weight excluding hydrogens is 188 g/mol. The van der Waals surface area contributed by atoms with Crippen molar-refractivity contribution < 1.29 is 4.79 Å². The molecule has 3 heteroatoms. The van der Waals surface area contributed by atoms with Crippen LogP contribution in [0.3, 0.4) is 0 Å². The third kappa shape index (κ3) is 2.51. The van der Waals surface area contributed by atoms with Crippen LogP contribution in [0.15, 0.2) is 0 Å². The van der Waals surface area contributed by atoms with Gasteiger partial charge in [-0.05, 0) is 24.7 Å². The zero-order valence-electron chi connectivity index (χ0n) is 9.83. The maximum absolute atomic E-state index is 11.9. The van der Waals surface area contributed by atoms with E-state index in [-0.39, 0.29) is 5.92 Å². The molecular formula is C12H22N2O. The van der Waals surface area contributed by atoms with Gasteiger partial charge in [-0.3, -0.25) is 4.79 Å². The molecule has 1 N–H and O–H groups in total. The second-order valence-electron chi connectivity index (χ2n) is 5.42. The van der Waals surface area contributed by atoms with E-state index in [1.807, 2.05) is 0 Å². The molecule has 2 fully saturated rings. The number of carbonyl (C=O) groups excluding carboxylic acids is 1. The van der Waals surface area contributed by atoms with Crippen molar-refractivity contribution in [3.63, 3.8) is 0 Å². The summed E-state index contributed by atoms with van der Waals surface area (Å²) < 4.78 is 0. The highest BCUT2D eigenvalue weighted by molar-refractivity contribution is 5.80. The highest BCUT2D eigenvalue weighted by Gasteiger charge is 2.33. The average molecular weight is 210 g/mol. The Balaban J connectivity index is 1.78. The summed E-state index contributed by atoms with van der Waals surface area (Å²) in [4.78, 5) is 14.0. The van der Waals surface area contributed by atoms with Gasteiger partial charge in [-0.2, -0.15) is 0 Å². The minimum absolute atomic E-state index is 0.280. The standard InChI is InChI=1S/C12H22N2O/c1-9(2)5-10-3-4-14(8-10)12(15)11-6-13-7-11/h9-11,13H,3-8H2,1-2H3. The van der Waals surface area contributed by atoms with Crippen LogP contribution in [0.25, 0.3) is 0 Å². The highest BCUT2D eigenvalue weighted by Crippen LogP contribution is 2.24. The lowest BCUT2D eigenvalue weighted by atomic mass is 9.96. The predicted molar refractivity (Wildman–Crippen MR) is 60.5 cm³/mol. The third-order valence-corrected chi connectivity index (χ3v) is 3.53. The first-order valence-corrected chi connectivity index (χ1v) is 6.16. The molecule has 0 spiro atoms. The van der Waals surface area contributed by atoms with Crippen LogP contribution in [-0.4, -0.2) is 37.0 Å². The van der Waals surface area contributed by atoms with Crippen LogP contribution < -0.4 is 5.32 Å². The Labute approximate surface area is 92.2 Å². The second kappa shape index (κ2) is 4.52. The molecule has 86 valence electrons. The summed E-state index contributed by atoms with van der Waals surface area (Å²) in [5.74, 6) is 2.18. The van der Waals surface area contributed by atoms with Crippen molar-refractivity contribution in [1.29, 1.82) is 0 Å². The predicted octanol–water partition coefficient (Wildman–Crippen LogP) is 1.10. The maximum atomic E-state index is 11.9. The lowest BCUT2D eigenvalue weighted by Gasteiger charge is -2.30. The van der Waals surface area contributed by atoms with Crippen molar-refractivity contribution in [2.45, 2.75) is 26.7 Å². The number of likely N-dealkylation sites (tertiary alicyclic amines) is 1. The van der Waals surface area contributed by atoms with Crippen molar-refractivity contribution in [1.82, 2.24) is 10.2 Å². The Kier molecular flexibility index (Phi) is 3.29. The molecule has 2 rings (SSSR count). The van der Waals surface area contributed by atoms with Gasteiger partial charge < -0.3 is 10.2 Å². The minimum Gasteiger partial charge on any atom is -0.342 e. The zero-order chi connectivity index (χ0) is 10.8. The second-order valence-corrected chi connectivity index (χ2v) is 5.42. The van der Waals surface area contributed by atoms with Gasteiger partial charge in [-0.25, -0.2) is 0 Å². The number of nitrogens with zero attached hydrogens (tertiary/aromatic N) is 1. The minimum atomic E-state index is 0.280. The molecule has 1 atom stereocenters. The van der Waals surface area contributed by atoms with E-state index in [1.54, 1.807) is 0 Å². The van der Waals surface area contributed by atoms with E-state index in [0.717, 1.165) is 38.0 Å². The molecule has 2 aliphatic rings. The largest absolute Gasteiger partial charge is 0.342 e. The van der Waals surface area contributed by atoms with Gasteiger partial charge in [0.1, 0.15) is 0 Å². The number of hydrogen-bond donors (Lipinski definition) is 1. The highest BCUT2D eigenvalue weighted by atomic mass is 16.2. The van der Waals surface area contributed by atoms with E-state index in [0.29, 0.717) is 5.91 Å². The molecule has 1 amide bonds. The van der Waals surface area contributed by atoms with Crippen LogP contribution >= 0.6 is 0 Å². The molecule has 1 unspecified atom stereocenters. The number of nitrogens with one attached hydrogen (secondary N) is 1. The van der Waals surface area contributed by atoms with Gasteiger partial charge in [0.2, 0.25) is 5.91 Å². The molecule has 2 aliphatic heterocycles. The van der Waals surface area contributed by atoms with Crippen LogP contribution in [-0.2, 0) is 4.79 Å². The number of rotatable bonds is 3. The molecule has 0 bridgehead atoms. The van der Waals surface area contributed by atoms with Crippen LogP contribution in [0.2, 0.25) is 0 Å². The van der Waals surface area contributed by atoms with Crippen molar-refractivity contribution in [2.75, 3.05) is 26.2 Å². The summed E-state index contributed by atoms with van der Waals surface area (Å²) in [6.07, 6.45) is 2.48. The van der Waals surface area contributed by atoms with Crippen LogP contribution in [0, 0.1) is 17.8 Å². The van der Waals surface area contributed by atoms with Gasteiger partial charge in [0, 0.05) is 26.2 Å². The fourth-order valence-electron chi connectivity index (χ4n) is 2.61. The Morgan fingerprint density at radius 2 is 2.20 bits per heavy atom. The van der Waals surface area contributed by atoms with Crippen LogP contribution in [0.5, 0.6) is 0 Å². The van der Waals surface area contributed by atoms with Gasteiger partial charge in [0.15, 0.2) is 0 Å². The Hall–Kier alpha value is -0.570. The lowest BCUT2D eigenvalue weighted by molar-refractivity contribution is -0.136. The van der Waals surface area contributed by atoms with Crippen molar-refractivity contribution in [3.8, 4) is 0 Å². The molecule has 0 saturated carbocycles. The molecule has 15 heavy (non-hydrogen) atoms. The van der Waals surface area contributed by atoms with E-state index >= 15 is 0 Å². The first kappa shape index (κ1) is 10.9. The molecule has 2 saturated heterocycles. The van der Waals surface area contributed by atoms with Gasteiger partial charge in [0.25, 0.3) is 0 Å². The normalized spacial score (nSPS) is 27.1. The summed E-state index contributed by atoms with van der Waals surface area (Å²) in [7, 11) is 0. The fourth-order valence-corrected chi connectivity index (χ4v) is 2.61. The van der Waals surface area contributed by atoms with Gasteiger partial charge in [-0.15, -0.1) is 0 Å². The number of hydrogen-bond acceptors (Lipinski definition) is 2. The molecule has 0 radical (unpaired) electrons. The third-order valence-electron chi connectivity index (χ3n) is 3.53. The van der Waals surface area contributed by atoms with Crippen LogP contribution in [0.4, 0.5) is 0 Å². The summed E-state index contributed by atoms with van der Waals surface area (Å²) in [5.41, 5.74) is 0. The van der Waals surface area contributed by atoms with Crippen molar-refractivity contribution >= 4 is 5.91 Å².